The van der Waals surface area contributed by atoms with Crippen molar-refractivity contribution < 1.29 is 26.5 Å². The van der Waals surface area contributed by atoms with Crippen LogP contribution in [0.15, 0.2) is 29.2 Å². The van der Waals surface area contributed by atoms with Gasteiger partial charge >= 0.3 is 0 Å². The summed E-state index contributed by atoms with van der Waals surface area (Å²) in [4.78, 5) is -0.330. The molecule has 0 saturated carbocycles. The lowest BCUT2D eigenvalue weighted by Crippen LogP contribution is -2.32. The van der Waals surface area contributed by atoms with E-state index in [1.54, 1.807) is 0 Å². The Kier molecular flexibility index (Phi) is 4.32. The monoisotopic (exact) mass is 295 g/mol. The van der Waals surface area contributed by atoms with Crippen molar-refractivity contribution in [3.05, 3.63) is 24.3 Å². The summed E-state index contributed by atoms with van der Waals surface area (Å²) in [7, 11) is -7.88. The van der Waals surface area contributed by atoms with Crippen LogP contribution in [-0.4, -0.2) is 45.9 Å². The summed E-state index contributed by atoms with van der Waals surface area (Å²) in [6.45, 7) is -0.503. The first-order valence-corrected chi connectivity index (χ1v) is 8.11. The maximum Gasteiger partial charge on any atom is 0.294 e. The van der Waals surface area contributed by atoms with Gasteiger partial charge in [-0.1, -0.05) is 0 Å². The van der Waals surface area contributed by atoms with Gasteiger partial charge in [0.15, 0.2) is 0 Å². The number of sulfonamides is 1. The first-order valence-electron chi connectivity index (χ1n) is 4.82. The lowest BCUT2D eigenvalue weighted by Gasteiger charge is -2.21. The fourth-order valence-electron chi connectivity index (χ4n) is 1.36. The Morgan fingerprint density at radius 3 is 1.94 bits per heavy atom. The predicted octanol–water partition coefficient (Wildman–Crippen LogP) is -0.308. The van der Waals surface area contributed by atoms with E-state index < -0.39 is 20.1 Å². The standard InChI is InChI=1S/C9H13NO6S2/c1-17(12,13)10(6-7-11)8-2-4-9(5-3-8)18(14,15)16/h2-5,11H,6-7H2,1H3,(H,14,15,16). The molecule has 0 spiro atoms. The highest BCUT2D eigenvalue weighted by atomic mass is 32.2. The molecule has 0 aliphatic rings. The van der Waals surface area contributed by atoms with E-state index in [0.29, 0.717) is 0 Å². The molecule has 0 bridgehead atoms. The van der Waals surface area contributed by atoms with E-state index in [4.69, 9.17) is 9.66 Å². The minimum atomic E-state index is -4.31. The van der Waals surface area contributed by atoms with Crippen LogP contribution in [0.3, 0.4) is 0 Å². The molecule has 18 heavy (non-hydrogen) atoms. The molecule has 9 heteroatoms. The molecular formula is C9H13NO6S2. The Morgan fingerprint density at radius 2 is 1.61 bits per heavy atom. The van der Waals surface area contributed by atoms with Crippen LogP contribution in [0.1, 0.15) is 0 Å². The van der Waals surface area contributed by atoms with Gasteiger partial charge in [-0.3, -0.25) is 8.86 Å². The molecule has 0 aliphatic carbocycles. The van der Waals surface area contributed by atoms with E-state index in [1.165, 1.54) is 12.1 Å². The van der Waals surface area contributed by atoms with E-state index in [1.807, 2.05) is 0 Å². The molecule has 0 aromatic heterocycles. The summed E-state index contributed by atoms with van der Waals surface area (Å²) in [5, 5.41) is 8.80. The Bertz CT molecular complexity index is 605. The maximum atomic E-state index is 11.5. The highest BCUT2D eigenvalue weighted by Crippen LogP contribution is 2.19. The molecule has 0 unspecified atom stereocenters. The van der Waals surface area contributed by atoms with Gasteiger partial charge in [-0.2, -0.15) is 8.42 Å². The van der Waals surface area contributed by atoms with E-state index in [-0.39, 0.29) is 23.7 Å². The van der Waals surface area contributed by atoms with Gasteiger partial charge in [0.25, 0.3) is 10.1 Å². The zero-order valence-electron chi connectivity index (χ0n) is 9.51. The van der Waals surface area contributed by atoms with Gasteiger partial charge in [-0.05, 0) is 24.3 Å². The maximum absolute atomic E-state index is 11.5. The average Bonchev–Trinajstić information content (AvgIpc) is 2.23. The molecule has 0 aliphatic heterocycles. The zero-order chi connectivity index (χ0) is 14.0. The fraction of sp³-hybridized carbons (Fsp3) is 0.333. The van der Waals surface area contributed by atoms with Crippen LogP contribution < -0.4 is 4.31 Å². The minimum Gasteiger partial charge on any atom is -0.394 e. The van der Waals surface area contributed by atoms with Crippen LogP contribution in [0.5, 0.6) is 0 Å². The van der Waals surface area contributed by atoms with Crippen LogP contribution >= 0.6 is 0 Å². The molecule has 2 N–H and O–H groups in total. The Hall–Kier alpha value is -1.16. The van der Waals surface area contributed by atoms with Gasteiger partial charge in [0.2, 0.25) is 10.0 Å². The topological polar surface area (TPSA) is 112 Å². The second-order valence-corrected chi connectivity index (χ2v) is 6.86. The summed E-state index contributed by atoms with van der Waals surface area (Å²) < 4.78 is 54.3. The Labute approximate surface area is 105 Å². The third kappa shape index (κ3) is 3.67. The van der Waals surface area contributed by atoms with E-state index >= 15 is 0 Å². The summed E-state index contributed by atoms with van der Waals surface area (Å²) in [6, 6.07) is 4.64. The SMILES string of the molecule is CS(=O)(=O)N(CCO)c1ccc(S(=O)(=O)O)cc1. The van der Waals surface area contributed by atoms with E-state index in [9.17, 15) is 16.8 Å². The summed E-state index contributed by atoms with van der Waals surface area (Å²) in [5.74, 6) is 0. The number of hydrogen-bond acceptors (Lipinski definition) is 5. The van der Waals surface area contributed by atoms with Crippen molar-refractivity contribution in [3.63, 3.8) is 0 Å². The van der Waals surface area contributed by atoms with Crippen LogP contribution in [-0.2, 0) is 20.1 Å². The third-order valence-electron chi connectivity index (χ3n) is 2.13. The Balaban J connectivity index is 3.17. The lowest BCUT2D eigenvalue weighted by atomic mass is 10.3. The molecule has 0 amide bonds. The van der Waals surface area contributed by atoms with Crippen molar-refractivity contribution >= 4 is 25.8 Å². The quantitative estimate of drug-likeness (QED) is 0.721. The molecule has 0 heterocycles. The summed E-state index contributed by atoms with van der Waals surface area (Å²) in [5.41, 5.74) is 0.207. The molecule has 0 atom stereocenters. The molecule has 1 aromatic rings. The normalized spacial score (nSPS) is 12.4. The molecule has 1 aromatic carbocycles. The molecule has 7 nitrogen and oxygen atoms in total. The van der Waals surface area contributed by atoms with Crippen LogP contribution in [0.2, 0.25) is 0 Å². The van der Waals surface area contributed by atoms with Crippen LogP contribution in [0, 0.1) is 0 Å². The van der Waals surface area contributed by atoms with Crippen molar-refractivity contribution in [3.8, 4) is 0 Å². The summed E-state index contributed by atoms with van der Waals surface area (Å²) >= 11 is 0. The van der Waals surface area contributed by atoms with E-state index in [2.05, 4.69) is 0 Å². The average molecular weight is 295 g/mol. The van der Waals surface area contributed by atoms with Gasteiger partial charge in [-0.25, -0.2) is 8.42 Å². The van der Waals surface area contributed by atoms with Gasteiger partial charge in [-0.15, -0.1) is 0 Å². The van der Waals surface area contributed by atoms with Gasteiger partial charge in [0.05, 0.1) is 30.0 Å². The highest BCUT2D eigenvalue weighted by Gasteiger charge is 2.17. The minimum absolute atomic E-state index is 0.135. The van der Waals surface area contributed by atoms with Gasteiger partial charge in [0.1, 0.15) is 0 Å². The second kappa shape index (κ2) is 5.22. The molecular weight excluding hydrogens is 282 g/mol. The number of nitrogens with zero attached hydrogens (tertiary/aromatic N) is 1. The first kappa shape index (κ1) is 14.9. The van der Waals surface area contributed by atoms with E-state index in [0.717, 1.165) is 22.7 Å². The van der Waals surface area contributed by atoms with Crippen LogP contribution in [0.25, 0.3) is 0 Å². The van der Waals surface area contributed by atoms with Crippen LogP contribution in [0.4, 0.5) is 5.69 Å². The molecule has 0 fully saturated rings. The van der Waals surface area contributed by atoms with Gasteiger partial charge in [0, 0.05) is 0 Å². The first-order chi connectivity index (χ1) is 8.16. The number of aliphatic hydroxyl groups excluding tert-OH is 1. The second-order valence-electron chi connectivity index (χ2n) is 3.53. The Morgan fingerprint density at radius 1 is 1.11 bits per heavy atom. The fourth-order valence-corrected chi connectivity index (χ4v) is 2.76. The van der Waals surface area contributed by atoms with Crippen molar-refractivity contribution in [1.82, 2.24) is 0 Å². The largest absolute Gasteiger partial charge is 0.394 e. The third-order valence-corrected chi connectivity index (χ3v) is 4.19. The number of hydrogen-bond donors (Lipinski definition) is 2. The van der Waals surface area contributed by atoms with Crippen molar-refractivity contribution in [2.45, 2.75) is 4.90 Å². The van der Waals surface area contributed by atoms with Gasteiger partial charge < -0.3 is 5.11 Å². The highest BCUT2D eigenvalue weighted by molar-refractivity contribution is 7.92. The molecule has 1 rings (SSSR count). The smallest absolute Gasteiger partial charge is 0.294 e. The zero-order valence-corrected chi connectivity index (χ0v) is 11.1. The number of benzene rings is 1. The number of rotatable bonds is 5. The predicted molar refractivity (Wildman–Crippen MR) is 65.5 cm³/mol. The molecule has 102 valence electrons. The molecule has 0 saturated heterocycles. The van der Waals surface area contributed by atoms with Crippen molar-refractivity contribution in [2.75, 3.05) is 23.7 Å². The molecule has 0 radical (unpaired) electrons. The number of anilines is 1. The number of aliphatic hydroxyl groups is 1. The van der Waals surface area contributed by atoms with Crippen molar-refractivity contribution in [1.29, 1.82) is 0 Å². The van der Waals surface area contributed by atoms with Crippen molar-refractivity contribution in [2.24, 2.45) is 0 Å². The summed E-state index contributed by atoms with van der Waals surface area (Å²) in [6.07, 6.45) is 0.972. The lowest BCUT2D eigenvalue weighted by molar-refractivity contribution is 0.307.